The third kappa shape index (κ3) is 7.83. The molecule has 192 valence electrons. The predicted molar refractivity (Wildman–Crippen MR) is 135 cm³/mol. The number of hydrogen-bond donors (Lipinski definition) is 1. The summed E-state index contributed by atoms with van der Waals surface area (Å²) in [4.78, 5) is 27.4. The van der Waals surface area contributed by atoms with Crippen LogP contribution in [0.3, 0.4) is 0 Å². The van der Waals surface area contributed by atoms with Crippen LogP contribution in [0.4, 0.5) is 10.1 Å². The van der Waals surface area contributed by atoms with Gasteiger partial charge in [-0.05, 0) is 37.6 Å². The molecule has 11 heteroatoms. The maximum atomic E-state index is 14.4. The lowest BCUT2D eigenvalue weighted by Crippen LogP contribution is -2.51. The molecule has 0 aliphatic rings. The van der Waals surface area contributed by atoms with Gasteiger partial charge in [0, 0.05) is 23.7 Å². The predicted octanol–water partition coefficient (Wildman–Crippen LogP) is 3.59. The summed E-state index contributed by atoms with van der Waals surface area (Å²) in [5, 5.41) is 3.01. The van der Waals surface area contributed by atoms with Crippen molar-refractivity contribution in [1.29, 1.82) is 0 Å². The van der Waals surface area contributed by atoms with Gasteiger partial charge in [-0.2, -0.15) is 0 Å². The maximum absolute atomic E-state index is 14.4. The van der Waals surface area contributed by atoms with Gasteiger partial charge < -0.3 is 15.0 Å². The molecular weight excluding hydrogens is 497 g/mol. The highest BCUT2D eigenvalue weighted by molar-refractivity contribution is 7.92. The second-order valence-electron chi connectivity index (χ2n) is 8.02. The Kier molecular flexibility index (Phi) is 10.3. The van der Waals surface area contributed by atoms with Gasteiger partial charge in [-0.15, -0.1) is 0 Å². The van der Waals surface area contributed by atoms with Gasteiger partial charge in [0.05, 0.1) is 19.1 Å². The van der Waals surface area contributed by atoms with Crippen molar-refractivity contribution >= 4 is 39.1 Å². The van der Waals surface area contributed by atoms with Crippen LogP contribution in [-0.2, 0) is 26.2 Å². The molecule has 35 heavy (non-hydrogen) atoms. The largest absolute Gasteiger partial charge is 0.495 e. The maximum Gasteiger partial charge on any atom is 0.244 e. The fourth-order valence-electron chi connectivity index (χ4n) is 3.38. The Morgan fingerprint density at radius 3 is 2.49 bits per heavy atom. The number of nitrogens with one attached hydrogen (secondary N) is 1. The Balaban J connectivity index is 2.43. The van der Waals surface area contributed by atoms with Crippen molar-refractivity contribution in [2.45, 2.75) is 39.3 Å². The average Bonchev–Trinajstić information content (AvgIpc) is 2.80. The van der Waals surface area contributed by atoms with Gasteiger partial charge in [-0.1, -0.05) is 43.1 Å². The lowest BCUT2D eigenvalue weighted by atomic mass is 10.1. The number of benzene rings is 2. The molecule has 2 aromatic carbocycles. The second kappa shape index (κ2) is 12.7. The zero-order valence-corrected chi connectivity index (χ0v) is 21.8. The summed E-state index contributed by atoms with van der Waals surface area (Å²) < 4.78 is 45.9. The van der Waals surface area contributed by atoms with Crippen LogP contribution in [0.15, 0.2) is 42.5 Å². The number of anilines is 1. The van der Waals surface area contributed by atoms with Crippen LogP contribution in [0.25, 0.3) is 0 Å². The molecule has 1 N–H and O–H groups in total. The van der Waals surface area contributed by atoms with E-state index in [1.54, 1.807) is 6.07 Å². The van der Waals surface area contributed by atoms with Crippen molar-refractivity contribution in [2.24, 2.45) is 0 Å². The third-order valence-corrected chi connectivity index (χ3v) is 6.75. The number of hydrogen-bond acceptors (Lipinski definition) is 5. The number of carbonyl (C=O) groups is 2. The summed E-state index contributed by atoms with van der Waals surface area (Å²) in [6.45, 7) is 3.06. The number of methoxy groups -OCH3 is 1. The number of rotatable bonds is 12. The van der Waals surface area contributed by atoms with Crippen molar-refractivity contribution in [1.82, 2.24) is 10.2 Å². The van der Waals surface area contributed by atoms with Gasteiger partial charge >= 0.3 is 0 Å². The lowest BCUT2D eigenvalue weighted by Gasteiger charge is -2.32. The molecule has 8 nitrogen and oxygen atoms in total. The van der Waals surface area contributed by atoms with Crippen LogP contribution in [0.2, 0.25) is 5.02 Å². The standard InChI is InChI=1S/C24H31ClFN3O5S/c1-5-6-13-27-24(31)17(2)28(15-18-9-7-8-10-20(18)26)23(30)16-29(35(4,32)33)21-14-19(25)11-12-22(21)34-3/h7-12,14,17H,5-6,13,15-16H2,1-4H3,(H,27,31). The van der Waals surface area contributed by atoms with Crippen molar-refractivity contribution in [3.8, 4) is 5.75 Å². The first kappa shape index (κ1) is 28.4. The smallest absolute Gasteiger partial charge is 0.244 e. The first-order valence-corrected chi connectivity index (χ1v) is 13.3. The third-order valence-electron chi connectivity index (χ3n) is 5.38. The van der Waals surface area contributed by atoms with Crippen LogP contribution >= 0.6 is 11.6 Å². The van der Waals surface area contributed by atoms with Crippen molar-refractivity contribution < 1.29 is 27.1 Å². The molecule has 0 bridgehead atoms. The molecule has 0 fully saturated rings. The van der Waals surface area contributed by atoms with E-state index in [-0.39, 0.29) is 28.6 Å². The van der Waals surface area contributed by atoms with E-state index in [9.17, 15) is 22.4 Å². The SMILES string of the molecule is CCCCNC(=O)C(C)N(Cc1ccccc1F)C(=O)CN(c1cc(Cl)ccc1OC)S(C)(=O)=O. The molecule has 0 aliphatic heterocycles. The van der Waals surface area contributed by atoms with E-state index in [1.807, 2.05) is 6.92 Å². The molecular formula is C24H31ClFN3O5S. The first-order valence-electron chi connectivity index (χ1n) is 11.1. The topological polar surface area (TPSA) is 96.0 Å². The van der Waals surface area contributed by atoms with Gasteiger partial charge in [-0.25, -0.2) is 12.8 Å². The van der Waals surface area contributed by atoms with E-state index in [0.717, 1.165) is 28.3 Å². The first-order chi connectivity index (χ1) is 16.5. The van der Waals surface area contributed by atoms with Gasteiger partial charge in [0.1, 0.15) is 24.2 Å². The van der Waals surface area contributed by atoms with E-state index in [2.05, 4.69) is 5.32 Å². The van der Waals surface area contributed by atoms with Gasteiger partial charge in [0.15, 0.2) is 0 Å². The van der Waals surface area contributed by atoms with Crippen molar-refractivity contribution in [3.63, 3.8) is 0 Å². The Morgan fingerprint density at radius 1 is 1.20 bits per heavy atom. The van der Waals surface area contributed by atoms with E-state index in [4.69, 9.17) is 16.3 Å². The summed E-state index contributed by atoms with van der Waals surface area (Å²) in [5.41, 5.74) is 0.266. The van der Waals surface area contributed by atoms with E-state index >= 15 is 0 Å². The Bertz CT molecular complexity index is 1150. The van der Waals surface area contributed by atoms with Crippen molar-refractivity contribution in [3.05, 3.63) is 58.9 Å². The quantitative estimate of drug-likeness (QED) is 0.426. The Morgan fingerprint density at radius 2 is 1.89 bits per heavy atom. The van der Waals surface area contributed by atoms with Crippen LogP contribution in [0.5, 0.6) is 5.75 Å². The number of amides is 2. The molecule has 0 aliphatic carbocycles. The molecule has 2 amide bonds. The molecule has 1 atom stereocenters. The normalized spacial score (nSPS) is 12.1. The Hall–Kier alpha value is -2.85. The molecule has 0 spiro atoms. The second-order valence-corrected chi connectivity index (χ2v) is 10.4. The van der Waals surface area contributed by atoms with Crippen LogP contribution in [0, 0.1) is 5.82 Å². The molecule has 0 saturated carbocycles. The highest BCUT2D eigenvalue weighted by atomic mass is 35.5. The average molecular weight is 528 g/mol. The highest BCUT2D eigenvalue weighted by Gasteiger charge is 2.31. The minimum absolute atomic E-state index is 0.0711. The molecule has 0 aromatic heterocycles. The number of ether oxygens (including phenoxy) is 1. The van der Waals surface area contributed by atoms with Gasteiger partial charge in [0.2, 0.25) is 21.8 Å². The highest BCUT2D eigenvalue weighted by Crippen LogP contribution is 2.33. The fraction of sp³-hybridized carbons (Fsp3) is 0.417. The summed E-state index contributed by atoms with van der Waals surface area (Å²) in [5.74, 6) is -1.47. The van der Waals surface area contributed by atoms with Crippen LogP contribution in [0.1, 0.15) is 32.3 Å². The van der Waals surface area contributed by atoms with Gasteiger partial charge in [0.25, 0.3) is 0 Å². The fourth-order valence-corrected chi connectivity index (χ4v) is 4.39. The molecule has 0 radical (unpaired) electrons. The minimum Gasteiger partial charge on any atom is -0.495 e. The number of nitrogens with zero attached hydrogens (tertiary/aromatic N) is 2. The number of sulfonamides is 1. The number of unbranched alkanes of at least 4 members (excludes halogenated alkanes) is 1. The van der Waals surface area contributed by atoms with Crippen molar-refractivity contribution in [2.75, 3.05) is 30.8 Å². The molecule has 1 unspecified atom stereocenters. The molecule has 0 heterocycles. The lowest BCUT2D eigenvalue weighted by molar-refractivity contribution is -0.139. The number of halogens is 2. The van der Waals surface area contributed by atoms with E-state index in [0.29, 0.717) is 6.54 Å². The van der Waals surface area contributed by atoms with Crippen LogP contribution in [-0.4, -0.2) is 57.6 Å². The van der Waals surface area contributed by atoms with Crippen LogP contribution < -0.4 is 14.4 Å². The summed E-state index contributed by atoms with van der Waals surface area (Å²) in [6, 6.07) is 9.30. The molecule has 2 aromatic rings. The molecule has 2 rings (SSSR count). The summed E-state index contributed by atoms with van der Waals surface area (Å²) >= 11 is 6.08. The van der Waals surface area contributed by atoms with Gasteiger partial charge in [-0.3, -0.25) is 13.9 Å². The molecule has 0 saturated heterocycles. The number of carbonyl (C=O) groups excluding carboxylic acids is 2. The minimum atomic E-state index is -3.97. The summed E-state index contributed by atoms with van der Waals surface area (Å²) in [7, 11) is -2.60. The zero-order chi connectivity index (χ0) is 26.2. The zero-order valence-electron chi connectivity index (χ0n) is 20.3. The van der Waals surface area contributed by atoms with E-state index in [1.165, 1.54) is 50.4 Å². The monoisotopic (exact) mass is 527 g/mol. The van der Waals surface area contributed by atoms with E-state index < -0.39 is 40.2 Å². The summed E-state index contributed by atoms with van der Waals surface area (Å²) in [6.07, 6.45) is 2.58. The Labute approximate surface area is 211 Å².